The molecule has 2 heterocycles. The molecule has 0 aliphatic carbocycles. The van der Waals surface area contributed by atoms with Crippen molar-refractivity contribution in [2.24, 2.45) is 0 Å². The van der Waals surface area contributed by atoms with Gasteiger partial charge in [-0.3, -0.25) is 4.79 Å². The minimum atomic E-state index is -3.74. The second-order valence-electron chi connectivity index (χ2n) is 6.27. The summed E-state index contributed by atoms with van der Waals surface area (Å²) < 4.78 is 28.9. The molecule has 0 aliphatic heterocycles. The molecule has 7 heteroatoms. The summed E-state index contributed by atoms with van der Waals surface area (Å²) in [7, 11) is -2.22. The first-order valence-electron chi connectivity index (χ1n) is 8.38. The lowest BCUT2D eigenvalue weighted by Gasteiger charge is -2.17. The Labute approximate surface area is 156 Å². The van der Waals surface area contributed by atoms with Crippen LogP contribution in [-0.2, 0) is 16.6 Å². The highest BCUT2D eigenvalue weighted by Crippen LogP contribution is 2.21. The molecule has 2 aromatic carbocycles. The fourth-order valence-electron chi connectivity index (χ4n) is 3.06. The van der Waals surface area contributed by atoms with Crippen LogP contribution >= 0.6 is 0 Å². The number of hydrogen-bond acceptors (Lipinski definition) is 4. The minimum Gasteiger partial charge on any atom is -0.301 e. The fraction of sp³-hybridized carbons (Fsp3) is 0.100. The van der Waals surface area contributed by atoms with Gasteiger partial charge in [0.25, 0.3) is 5.56 Å². The molecule has 6 nitrogen and oxygen atoms in total. The van der Waals surface area contributed by atoms with Crippen molar-refractivity contribution in [2.45, 2.75) is 11.4 Å². The van der Waals surface area contributed by atoms with E-state index in [9.17, 15) is 13.2 Å². The van der Waals surface area contributed by atoms with Gasteiger partial charge in [0, 0.05) is 19.8 Å². The predicted octanol–water partition coefficient (Wildman–Crippen LogP) is 2.67. The topological polar surface area (TPSA) is 71.8 Å². The maximum atomic E-state index is 13.0. The molecule has 0 amide bonds. The summed E-state index contributed by atoms with van der Waals surface area (Å²) in [5.74, 6) is 0. The summed E-state index contributed by atoms with van der Waals surface area (Å²) in [5, 5.41) is 0.271. The molecule has 0 fully saturated rings. The number of fused-ring (bicyclic) bond motifs is 3. The maximum absolute atomic E-state index is 13.0. The molecule has 0 aliphatic rings. The Bertz CT molecular complexity index is 1300. The van der Waals surface area contributed by atoms with E-state index >= 15 is 0 Å². The average molecular weight is 379 g/mol. The van der Waals surface area contributed by atoms with Crippen molar-refractivity contribution in [2.75, 3.05) is 7.05 Å². The average Bonchev–Trinajstić information content (AvgIpc) is 2.68. The van der Waals surface area contributed by atoms with Gasteiger partial charge >= 0.3 is 0 Å². The first-order chi connectivity index (χ1) is 13.0. The number of rotatable bonds is 4. The van der Waals surface area contributed by atoms with Crippen molar-refractivity contribution in [1.82, 2.24) is 13.7 Å². The first-order valence-corrected chi connectivity index (χ1v) is 9.82. The van der Waals surface area contributed by atoms with Crippen LogP contribution in [0.4, 0.5) is 0 Å². The quantitative estimate of drug-likeness (QED) is 0.511. The lowest BCUT2D eigenvalue weighted by Crippen LogP contribution is -2.26. The molecule has 4 aromatic rings. The van der Waals surface area contributed by atoms with Crippen molar-refractivity contribution in [3.63, 3.8) is 0 Å². The summed E-state index contributed by atoms with van der Waals surface area (Å²) in [6.07, 6.45) is 1.79. The number of hydrogen-bond donors (Lipinski definition) is 0. The Kier molecular flexibility index (Phi) is 4.25. The van der Waals surface area contributed by atoms with Gasteiger partial charge in [0.2, 0.25) is 10.0 Å². The van der Waals surface area contributed by atoms with Crippen LogP contribution in [0, 0.1) is 0 Å². The van der Waals surface area contributed by atoms with E-state index in [1.54, 1.807) is 28.8 Å². The fourth-order valence-corrected chi connectivity index (χ4v) is 4.24. The summed E-state index contributed by atoms with van der Waals surface area (Å²) in [6, 6.07) is 19.3. The van der Waals surface area contributed by atoms with Gasteiger partial charge < -0.3 is 4.40 Å². The molecule has 27 heavy (non-hydrogen) atoms. The second-order valence-corrected chi connectivity index (χ2v) is 8.32. The first kappa shape index (κ1) is 17.4. The van der Waals surface area contributed by atoms with E-state index in [4.69, 9.17) is 0 Å². The van der Waals surface area contributed by atoms with Crippen LogP contribution in [0.3, 0.4) is 0 Å². The highest BCUT2D eigenvalue weighted by Gasteiger charge is 2.22. The van der Waals surface area contributed by atoms with Crippen LogP contribution in [0.5, 0.6) is 0 Å². The second kappa shape index (κ2) is 6.61. The van der Waals surface area contributed by atoms with E-state index in [2.05, 4.69) is 4.98 Å². The summed E-state index contributed by atoms with van der Waals surface area (Å²) in [6.45, 7) is 0.246. The van der Waals surface area contributed by atoms with E-state index in [0.29, 0.717) is 11.2 Å². The van der Waals surface area contributed by atoms with Crippen LogP contribution < -0.4 is 5.56 Å². The number of pyridine rings is 1. The Morgan fingerprint density at radius 3 is 2.52 bits per heavy atom. The predicted molar refractivity (Wildman–Crippen MR) is 104 cm³/mol. The zero-order chi connectivity index (χ0) is 19.0. The Balaban J connectivity index is 1.80. The van der Waals surface area contributed by atoms with E-state index in [0.717, 1.165) is 5.56 Å². The van der Waals surface area contributed by atoms with Crippen LogP contribution in [0.2, 0.25) is 0 Å². The molecule has 0 N–H and O–H groups in total. The molecule has 0 spiro atoms. The van der Waals surface area contributed by atoms with Gasteiger partial charge in [0.1, 0.15) is 5.65 Å². The molecule has 0 unspecified atom stereocenters. The van der Waals surface area contributed by atoms with Crippen molar-refractivity contribution in [1.29, 1.82) is 0 Å². The summed E-state index contributed by atoms with van der Waals surface area (Å²) in [4.78, 5) is 16.5. The van der Waals surface area contributed by atoms with E-state index in [-0.39, 0.29) is 16.8 Å². The molecular formula is C20H17N3O3S. The summed E-state index contributed by atoms with van der Waals surface area (Å²) in [5.41, 5.74) is 1.58. The van der Waals surface area contributed by atoms with Crippen LogP contribution in [0.1, 0.15) is 5.56 Å². The third-order valence-electron chi connectivity index (χ3n) is 4.47. The largest absolute Gasteiger partial charge is 0.301 e. The van der Waals surface area contributed by atoms with Crippen LogP contribution in [0.15, 0.2) is 82.6 Å². The summed E-state index contributed by atoms with van der Waals surface area (Å²) >= 11 is 0. The molecular weight excluding hydrogens is 362 g/mol. The molecule has 0 radical (unpaired) electrons. The van der Waals surface area contributed by atoms with Crippen molar-refractivity contribution in [3.8, 4) is 0 Å². The van der Waals surface area contributed by atoms with Gasteiger partial charge in [0.05, 0.1) is 15.8 Å². The van der Waals surface area contributed by atoms with Crippen LogP contribution in [-0.4, -0.2) is 29.2 Å². The minimum absolute atomic E-state index is 0.0724. The lowest BCUT2D eigenvalue weighted by atomic mass is 10.2. The number of aromatic nitrogens is 2. The Hall–Kier alpha value is -3.03. The van der Waals surface area contributed by atoms with Gasteiger partial charge in [-0.05, 0) is 35.9 Å². The number of nitrogens with zero attached hydrogens (tertiary/aromatic N) is 3. The standard InChI is InChI=1S/C20H17N3O3S/c1-22(14-15-7-3-2-4-8-15)27(25,26)16-10-11-18-17(13-16)20(24)21-19-9-5-6-12-23(18)19/h2-13H,14H2,1H3. The molecule has 0 saturated heterocycles. The van der Waals surface area contributed by atoms with E-state index in [1.807, 2.05) is 36.4 Å². The molecule has 4 rings (SSSR count). The molecule has 2 aromatic heterocycles. The highest BCUT2D eigenvalue weighted by atomic mass is 32.2. The Morgan fingerprint density at radius 2 is 1.74 bits per heavy atom. The smallest absolute Gasteiger partial charge is 0.281 e. The highest BCUT2D eigenvalue weighted by molar-refractivity contribution is 7.89. The van der Waals surface area contributed by atoms with Crippen molar-refractivity contribution in [3.05, 3.63) is 88.8 Å². The van der Waals surface area contributed by atoms with Gasteiger partial charge in [-0.2, -0.15) is 9.29 Å². The van der Waals surface area contributed by atoms with Gasteiger partial charge in [-0.25, -0.2) is 8.42 Å². The van der Waals surface area contributed by atoms with Crippen molar-refractivity contribution >= 4 is 26.6 Å². The van der Waals surface area contributed by atoms with Gasteiger partial charge in [-0.1, -0.05) is 36.4 Å². The molecule has 136 valence electrons. The molecule has 0 atom stereocenters. The van der Waals surface area contributed by atoms with E-state index in [1.165, 1.54) is 23.5 Å². The third-order valence-corrected chi connectivity index (χ3v) is 6.27. The van der Waals surface area contributed by atoms with E-state index < -0.39 is 15.6 Å². The molecule has 0 saturated carbocycles. The monoisotopic (exact) mass is 379 g/mol. The SMILES string of the molecule is CN(Cc1ccccc1)S(=O)(=O)c1ccc2c(c1)c(=O)nc1ccccn12. The maximum Gasteiger partial charge on any atom is 0.281 e. The van der Waals surface area contributed by atoms with Crippen molar-refractivity contribution < 1.29 is 8.42 Å². The normalized spacial score (nSPS) is 12.1. The third kappa shape index (κ3) is 3.11. The van der Waals surface area contributed by atoms with Gasteiger partial charge in [0.15, 0.2) is 0 Å². The number of sulfonamides is 1. The molecule has 0 bridgehead atoms. The number of benzene rings is 2. The Morgan fingerprint density at radius 1 is 1.00 bits per heavy atom. The zero-order valence-corrected chi connectivity index (χ0v) is 15.4. The van der Waals surface area contributed by atoms with Crippen LogP contribution in [0.25, 0.3) is 16.6 Å². The zero-order valence-electron chi connectivity index (χ0n) is 14.6. The lowest BCUT2D eigenvalue weighted by molar-refractivity contribution is 0.467. The van der Waals surface area contributed by atoms with Gasteiger partial charge in [-0.15, -0.1) is 0 Å².